The molecule has 2 N–H and O–H groups in total. The highest BCUT2D eigenvalue weighted by molar-refractivity contribution is 9.10. The van der Waals surface area contributed by atoms with Gasteiger partial charge in [0, 0.05) is 36.8 Å². The molecule has 1 aliphatic heterocycles. The van der Waals surface area contributed by atoms with Crippen molar-refractivity contribution in [2.75, 3.05) is 25.5 Å². The number of H-pyrrole nitrogens is 1. The smallest absolute Gasteiger partial charge is 0.278 e. The monoisotopic (exact) mass is 415 g/mol. The number of benzene rings is 1. The zero-order chi connectivity index (χ0) is 18.3. The van der Waals surface area contributed by atoms with Gasteiger partial charge in [-0.3, -0.25) is 9.36 Å². The lowest BCUT2D eigenvalue weighted by Gasteiger charge is -2.36. The first-order valence-corrected chi connectivity index (χ1v) is 9.55. The van der Waals surface area contributed by atoms with Crippen molar-refractivity contribution in [3.8, 4) is 0 Å². The normalized spacial score (nSPS) is 21.2. The van der Waals surface area contributed by atoms with Crippen molar-refractivity contribution in [1.29, 1.82) is 0 Å². The van der Waals surface area contributed by atoms with E-state index in [4.69, 9.17) is 0 Å². The minimum Gasteiger partial charge on any atom is -0.355 e. The summed E-state index contributed by atoms with van der Waals surface area (Å²) in [6, 6.07) is 10.6. The van der Waals surface area contributed by atoms with Gasteiger partial charge in [-0.15, -0.1) is 0 Å². The standard InChI is InChI=1S/C19H22BrN5O/c1-24-10-13(12-4-3-5-14(20)8-12)9-15(11-24)22-19-23-16-6-7-21-17(16)18(26)25(19)2/h3-8,13,15,21H,9-11H2,1-2H3,(H,22,23)/t13-,15+/m0/s1. The molecular formula is C19H22BrN5O. The fourth-order valence-corrected chi connectivity index (χ4v) is 4.23. The molecule has 1 aromatic carbocycles. The van der Waals surface area contributed by atoms with E-state index in [0.29, 0.717) is 22.9 Å². The van der Waals surface area contributed by atoms with Gasteiger partial charge in [0.1, 0.15) is 5.52 Å². The Labute approximate surface area is 160 Å². The van der Waals surface area contributed by atoms with Crippen molar-refractivity contribution in [3.63, 3.8) is 0 Å². The molecule has 0 spiro atoms. The second kappa shape index (κ2) is 6.89. The van der Waals surface area contributed by atoms with Crippen LogP contribution in [0.2, 0.25) is 0 Å². The molecule has 3 aromatic rings. The first-order chi connectivity index (χ1) is 12.5. The van der Waals surface area contributed by atoms with Gasteiger partial charge in [-0.25, -0.2) is 4.98 Å². The number of aromatic nitrogens is 3. The molecule has 7 heteroatoms. The van der Waals surface area contributed by atoms with E-state index in [1.54, 1.807) is 17.8 Å². The van der Waals surface area contributed by atoms with E-state index in [1.807, 2.05) is 6.07 Å². The van der Waals surface area contributed by atoms with Crippen LogP contribution in [-0.4, -0.2) is 45.6 Å². The van der Waals surface area contributed by atoms with Gasteiger partial charge >= 0.3 is 0 Å². The van der Waals surface area contributed by atoms with Crippen molar-refractivity contribution in [2.45, 2.75) is 18.4 Å². The number of nitrogens with zero attached hydrogens (tertiary/aromatic N) is 3. The number of aromatic amines is 1. The predicted molar refractivity (Wildman–Crippen MR) is 108 cm³/mol. The Morgan fingerprint density at radius 3 is 2.92 bits per heavy atom. The van der Waals surface area contributed by atoms with Gasteiger partial charge in [0.05, 0.1) is 5.52 Å². The van der Waals surface area contributed by atoms with Gasteiger partial charge in [-0.2, -0.15) is 0 Å². The van der Waals surface area contributed by atoms with E-state index >= 15 is 0 Å². The van der Waals surface area contributed by atoms with Crippen LogP contribution in [0.4, 0.5) is 5.95 Å². The Morgan fingerprint density at radius 2 is 2.12 bits per heavy atom. The second-order valence-electron chi connectivity index (χ2n) is 7.09. The Bertz CT molecular complexity index is 995. The molecule has 0 radical (unpaired) electrons. The molecule has 136 valence electrons. The average molecular weight is 416 g/mol. The van der Waals surface area contributed by atoms with Gasteiger partial charge in [0.15, 0.2) is 0 Å². The minimum absolute atomic E-state index is 0.0600. The number of halogens is 1. The highest BCUT2D eigenvalue weighted by atomic mass is 79.9. The van der Waals surface area contributed by atoms with Gasteiger partial charge in [-0.1, -0.05) is 28.1 Å². The fraction of sp³-hybridized carbons (Fsp3) is 0.368. The van der Waals surface area contributed by atoms with Crippen molar-refractivity contribution in [1.82, 2.24) is 19.4 Å². The van der Waals surface area contributed by atoms with Crippen LogP contribution in [0.25, 0.3) is 11.0 Å². The second-order valence-corrected chi connectivity index (χ2v) is 8.00. The first-order valence-electron chi connectivity index (χ1n) is 8.76. The molecule has 0 unspecified atom stereocenters. The molecule has 4 rings (SSSR count). The Balaban J connectivity index is 1.60. The number of hydrogen-bond donors (Lipinski definition) is 2. The van der Waals surface area contributed by atoms with Crippen molar-refractivity contribution in [2.24, 2.45) is 7.05 Å². The van der Waals surface area contributed by atoms with Crippen LogP contribution in [-0.2, 0) is 7.05 Å². The van der Waals surface area contributed by atoms with Crippen molar-refractivity contribution < 1.29 is 0 Å². The summed E-state index contributed by atoms with van der Waals surface area (Å²) in [4.78, 5) is 22.4. The third-order valence-electron chi connectivity index (χ3n) is 5.07. The molecule has 1 aliphatic rings. The van der Waals surface area contributed by atoms with E-state index in [0.717, 1.165) is 24.0 Å². The van der Waals surface area contributed by atoms with Crippen LogP contribution >= 0.6 is 15.9 Å². The Kier molecular flexibility index (Phi) is 4.58. The van der Waals surface area contributed by atoms with Crippen LogP contribution in [0.1, 0.15) is 17.9 Å². The molecule has 6 nitrogen and oxygen atoms in total. The average Bonchev–Trinajstić information content (AvgIpc) is 3.07. The van der Waals surface area contributed by atoms with Crippen LogP contribution in [0.15, 0.2) is 45.8 Å². The lowest BCUT2D eigenvalue weighted by atomic mass is 9.88. The fourth-order valence-electron chi connectivity index (χ4n) is 3.82. The molecule has 0 bridgehead atoms. The van der Waals surface area contributed by atoms with Crippen LogP contribution in [0.5, 0.6) is 0 Å². The molecule has 0 amide bonds. The predicted octanol–water partition coefficient (Wildman–Crippen LogP) is 2.92. The summed E-state index contributed by atoms with van der Waals surface area (Å²) >= 11 is 3.57. The number of likely N-dealkylation sites (N-methyl/N-ethyl adjacent to an activating group) is 1. The zero-order valence-corrected chi connectivity index (χ0v) is 16.5. The SMILES string of the molecule is CN1C[C@H](Nc2nc3cc[nH]c3c(=O)n2C)C[C@H](c2cccc(Br)c2)C1. The van der Waals surface area contributed by atoms with E-state index < -0.39 is 0 Å². The lowest BCUT2D eigenvalue weighted by molar-refractivity contribution is 0.235. The summed E-state index contributed by atoms with van der Waals surface area (Å²) in [5, 5.41) is 3.50. The van der Waals surface area contributed by atoms with E-state index in [1.165, 1.54) is 5.56 Å². The largest absolute Gasteiger partial charge is 0.355 e. The molecule has 0 saturated carbocycles. The summed E-state index contributed by atoms with van der Waals surface area (Å²) in [5.41, 5.74) is 2.52. The number of likely N-dealkylation sites (tertiary alicyclic amines) is 1. The molecule has 1 fully saturated rings. The van der Waals surface area contributed by atoms with Crippen LogP contribution in [0.3, 0.4) is 0 Å². The lowest BCUT2D eigenvalue weighted by Crippen LogP contribution is -2.44. The highest BCUT2D eigenvalue weighted by Crippen LogP contribution is 2.29. The van der Waals surface area contributed by atoms with Gasteiger partial charge in [0.25, 0.3) is 5.56 Å². The number of anilines is 1. The molecule has 2 atom stereocenters. The quantitative estimate of drug-likeness (QED) is 0.689. The Morgan fingerprint density at radius 1 is 1.27 bits per heavy atom. The summed E-state index contributed by atoms with van der Waals surface area (Å²) in [5.74, 6) is 1.06. The summed E-state index contributed by atoms with van der Waals surface area (Å²) in [6.07, 6.45) is 2.75. The number of piperidine rings is 1. The maximum atomic E-state index is 12.5. The molecule has 3 heterocycles. The van der Waals surface area contributed by atoms with Crippen LogP contribution < -0.4 is 10.9 Å². The zero-order valence-electron chi connectivity index (χ0n) is 14.9. The first kappa shape index (κ1) is 17.3. The molecule has 26 heavy (non-hydrogen) atoms. The number of rotatable bonds is 3. The Hall–Kier alpha value is -2.12. The van der Waals surface area contributed by atoms with E-state index in [9.17, 15) is 4.79 Å². The summed E-state index contributed by atoms with van der Waals surface area (Å²) in [7, 11) is 3.90. The highest BCUT2D eigenvalue weighted by Gasteiger charge is 2.27. The number of fused-ring (bicyclic) bond motifs is 1. The van der Waals surface area contributed by atoms with Gasteiger partial charge in [-0.05, 0) is 43.1 Å². The third kappa shape index (κ3) is 3.29. The van der Waals surface area contributed by atoms with Crippen LogP contribution in [0, 0.1) is 0 Å². The maximum absolute atomic E-state index is 12.5. The molecule has 1 saturated heterocycles. The molecule has 0 aliphatic carbocycles. The topological polar surface area (TPSA) is 66.0 Å². The maximum Gasteiger partial charge on any atom is 0.278 e. The van der Waals surface area contributed by atoms with E-state index in [-0.39, 0.29) is 11.6 Å². The van der Waals surface area contributed by atoms with Crippen molar-refractivity contribution >= 4 is 32.9 Å². The van der Waals surface area contributed by atoms with Gasteiger partial charge < -0.3 is 15.2 Å². The summed E-state index contributed by atoms with van der Waals surface area (Å²) < 4.78 is 2.69. The van der Waals surface area contributed by atoms with E-state index in [2.05, 4.69) is 67.4 Å². The summed E-state index contributed by atoms with van der Waals surface area (Å²) in [6.45, 7) is 1.95. The van der Waals surface area contributed by atoms with Crippen molar-refractivity contribution in [3.05, 3.63) is 56.9 Å². The molecule has 2 aromatic heterocycles. The molecular weight excluding hydrogens is 394 g/mol. The van der Waals surface area contributed by atoms with Gasteiger partial charge in [0.2, 0.25) is 5.95 Å². The third-order valence-corrected chi connectivity index (χ3v) is 5.57. The minimum atomic E-state index is -0.0600. The number of nitrogens with one attached hydrogen (secondary N) is 2. The number of hydrogen-bond acceptors (Lipinski definition) is 4.